The van der Waals surface area contributed by atoms with Crippen LogP contribution < -0.4 is 10.6 Å². The van der Waals surface area contributed by atoms with E-state index in [0.717, 1.165) is 22.8 Å². The Labute approximate surface area is 164 Å². The van der Waals surface area contributed by atoms with Crippen LogP contribution in [0.4, 0.5) is 11.4 Å². The molecular weight excluding hydrogens is 340 g/mol. The lowest BCUT2D eigenvalue weighted by molar-refractivity contribution is 1.42. The molecule has 2 aliphatic rings. The molecule has 0 unspecified atom stereocenters. The molecule has 0 aromatic heterocycles. The number of anilines is 2. The minimum absolute atomic E-state index is 1.12. The summed E-state index contributed by atoms with van der Waals surface area (Å²) in [6, 6.07) is 34.3. The van der Waals surface area contributed by atoms with Gasteiger partial charge in [0.2, 0.25) is 0 Å². The van der Waals surface area contributed by atoms with Crippen LogP contribution in [0, 0.1) is 0 Å². The topological polar surface area (TPSA) is 24.1 Å². The first-order valence-electron chi connectivity index (χ1n) is 9.56. The second-order valence-corrected chi connectivity index (χ2v) is 7.18. The first kappa shape index (κ1) is 15.3. The lowest BCUT2D eigenvalue weighted by Crippen LogP contribution is -2.16. The highest BCUT2D eigenvalue weighted by Gasteiger charge is 2.26. The third kappa shape index (κ3) is 2.15. The Bertz CT molecular complexity index is 1170. The first-order valence-corrected chi connectivity index (χ1v) is 9.56. The molecule has 2 heterocycles. The minimum Gasteiger partial charge on any atom is -0.353 e. The molecule has 0 amide bonds. The Kier molecular flexibility index (Phi) is 3.20. The highest BCUT2D eigenvalue weighted by molar-refractivity contribution is 6.12. The molecule has 132 valence electrons. The fourth-order valence-electron chi connectivity index (χ4n) is 4.32. The summed E-state index contributed by atoms with van der Waals surface area (Å²) in [5.74, 6) is 0. The van der Waals surface area contributed by atoms with Crippen molar-refractivity contribution in [1.82, 2.24) is 0 Å². The lowest BCUT2D eigenvalue weighted by atomic mass is 9.87. The molecule has 0 atom stereocenters. The van der Waals surface area contributed by atoms with Crippen molar-refractivity contribution in [1.29, 1.82) is 0 Å². The number of benzene rings is 4. The van der Waals surface area contributed by atoms with Gasteiger partial charge in [0.05, 0.1) is 11.4 Å². The van der Waals surface area contributed by atoms with E-state index in [1.54, 1.807) is 0 Å². The molecule has 4 aromatic rings. The molecule has 0 aliphatic carbocycles. The first-order chi connectivity index (χ1) is 13.9. The van der Waals surface area contributed by atoms with Crippen LogP contribution in [0.15, 0.2) is 97.1 Å². The Hall–Kier alpha value is -3.78. The number of para-hydroxylation sites is 2. The van der Waals surface area contributed by atoms with Crippen molar-refractivity contribution in [3.63, 3.8) is 0 Å². The predicted molar refractivity (Wildman–Crippen MR) is 118 cm³/mol. The highest BCUT2D eigenvalue weighted by Crippen LogP contribution is 2.46. The second kappa shape index (κ2) is 5.86. The van der Waals surface area contributed by atoms with E-state index in [1.165, 1.54) is 33.4 Å². The van der Waals surface area contributed by atoms with Crippen LogP contribution in [0.1, 0.15) is 11.1 Å². The van der Waals surface area contributed by atoms with Gasteiger partial charge in [0.15, 0.2) is 0 Å². The number of hydrogen-bond donors (Lipinski definition) is 2. The molecule has 2 heteroatoms. The third-order valence-electron chi connectivity index (χ3n) is 5.60. The van der Waals surface area contributed by atoms with E-state index in [9.17, 15) is 0 Å². The number of hydrogen-bond acceptors (Lipinski definition) is 2. The summed E-state index contributed by atoms with van der Waals surface area (Å²) in [7, 11) is 0. The van der Waals surface area contributed by atoms with Gasteiger partial charge >= 0.3 is 0 Å². The monoisotopic (exact) mass is 358 g/mol. The van der Waals surface area contributed by atoms with E-state index < -0.39 is 0 Å². The van der Waals surface area contributed by atoms with Crippen LogP contribution in [-0.2, 0) is 0 Å². The summed E-state index contributed by atoms with van der Waals surface area (Å²) in [6.07, 6.45) is 0. The minimum atomic E-state index is 1.12. The van der Waals surface area contributed by atoms with Crippen molar-refractivity contribution in [3.05, 3.63) is 108 Å². The van der Waals surface area contributed by atoms with E-state index in [0.29, 0.717) is 0 Å². The zero-order chi connectivity index (χ0) is 18.5. The molecule has 2 nitrogen and oxygen atoms in total. The molecule has 0 saturated carbocycles. The zero-order valence-electron chi connectivity index (χ0n) is 15.2. The summed E-state index contributed by atoms with van der Waals surface area (Å²) in [5, 5.41) is 7.42. The largest absolute Gasteiger partial charge is 0.353 e. The van der Waals surface area contributed by atoms with Crippen molar-refractivity contribution >= 4 is 22.8 Å². The summed E-state index contributed by atoms with van der Waals surface area (Å²) in [4.78, 5) is 0. The number of rotatable bonds is 0. The van der Waals surface area contributed by atoms with E-state index in [4.69, 9.17) is 0 Å². The molecule has 4 aromatic carbocycles. The maximum atomic E-state index is 3.71. The van der Waals surface area contributed by atoms with Gasteiger partial charge in [-0.1, -0.05) is 84.9 Å². The number of fused-ring (bicyclic) bond motifs is 6. The van der Waals surface area contributed by atoms with Crippen LogP contribution in [0.3, 0.4) is 0 Å². The van der Waals surface area contributed by atoms with Gasteiger partial charge in [0.25, 0.3) is 0 Å². The molecule has 2 N–H and O–H groups in total. The van der Waals surface area contributed by atoms with Gasteiger partial charge < -0.3 is 10.6 Å². The van der Waals surface area contributed by atoms with Crippen molar-refractivity contribution < 1.29 is 0 Å². The third-order valence-corrected chi connectivity index (χ3v) is 5.60. The van der Waals surface area contributed by atoms with Crippen molar-refractivity contribution in [2.45, 2.75) is 0 Å². The predicted octanol–water partition coefficient (Wildman–Crippen LogP) is 6.70. The lowest BCUT2D eigenvalue weighted by Gasteiger charge is -2.30. The fraction of sp³-hybridized carbons (Fsp3) is 0. The Morgan fingerprint density at radius 2 is 0.643 bits per heavy atom. The highest BCUT2D eigenvalue weighted by atomic mass is 15.0. The van der Waals surface area contributed by atoms with Crippen LogP contribution in [0.25, 0.3) is 33.6 Å². The van der Waals surface area contributed by atoms with Gasteiger partial charge in [0.1, 0.15) is 0 Å². The molecule has 0 radical (unpaired) electrons. The van der Waals surface area contributed by atoms with Gasteiger partial charge in [0, 0.05) is 33.6 Å². The maximum Gasteiger partial charge on any atom is 0.0710 e. The summed E-state index contributed by atoms with van der Waals surface area (Å²) >= 11 is 0. The van der Waals surface area contributed by atoms with Crippen LogP contribution in [0.2, 0.25) is 0 Å². The Morgan fingerprint density at radius 3 is 1.07 bits per heavy atom. The van der Waals surface area contributed by atoms with Gasteiger partial charge in [-0.05, 0) is 23.3 Å². The average Bonchev–Trinajstić information content (AvgIpc) is 2.78. The molecule has 28 heavy (non-hydrogen) atoms. The van der Waals surface area contributed by atoms with Crippen molar-refractivity contribution in [2.75, 3.05) is 10.6 Å². The molecule has 0 spiro atoms. The smallest absolute Gasteiger partial charge is 0.0710 e. The number of nitrogens with one attached hydrogen (secondary N) is 2. The van der Waals surface area contributed by atoms with Gasteiger partial charge in [-0.25, -0.2) is 0 Å². The zero-order valence-corrected chi connectivity index (χ0v) is 15.2. The van der Waals surface area contributed by atoms with E-state index >= 15 is 0 Å². The summed E-state index contributed by atoms with van der Waals surface area (Å²) in [6.45, 7) is 0. The van der Waals surface area contributed by atoms with Crippen LogP contribution >= 0.6 is 0 Å². The average molecular weight is 358 g/mol. The summed E-state index contributed by atoms with van der Waals surface area (Å²) in [5.41, 5.74) is 12.0. The van der Waals surface area contributed by atoms with Gasteiger partial charge in [-0.15, -0.1) is 0 Å². The SMILES string of the molecule is c1ccc2c(c1)N/C(=C1/Nc3ccccc3-c3ccccc31)c1ccccc1-2. The molecular formula is C26H18N2. The summed E-state index contributed by atoms with van der Waals surface area (Å²) < 4.78 is 0. The molecule has 0 saturated heterocycles. The molecule has 0 bridgehead atoms. The van der Waals surface area contributed by atoms with Crippen molar-refractivity contribution in [3.8, 4) is 22.3 Å². The van der Waals surface area contributed by atoms with E-state index in [2.05, 4.69) is 108 Å². The molecule has 6 rings (SSSR count). The van der Waals surface area contributed by atoms with Gasteiger partial charge in [-0.3, -0.25) is 0 Å². The van der Waals surface area contributed by atoms with Crippen molar-refractivity contribution in [2.24, 2.45) is 0 Å². The molecule has 2 aliphatic heterocycles. The van der Waals surface area contributed by atoms with Crippen LogP contribution in [-0.4, -0.2) is 0 Å². The Morgan fingerprint density at radius 1 is 0.321 bits per heavy atom. The Balaban J connectivity index is 1.66. The second-order valence-electron chi connectivity index (χ2n) is 7.18. The standard InChI is InChI=1S/C26H18N2/c1-3-13-21-17(9-1)19-11-5-7-15-23(19)27-25(21)26-22-14-4-2-10-18(22)20-12-6-8-16-24(20)28-26/h1-16,27-28H/b26-25+. The molecule has 0 fully saturated rings. The van der Waals surface area contributed by atoms with Crippen LogP contribution in [0.5, 0.6) is 0 Å². The normalized spacial score (nSPS) is 16.0. The quantitative estimate of drug-likeness (QED) is 0.365. The van der Waals surface area contributed by atoms with Gasteiger partial charge in [-0.2, -0.15) is 0 Å². The van der Waals surface area contributed by atoms with E-state index in [-0.39, 0.29) is 0 Å². The fourth-order valence-corrected chi connectivity index (χ4v) is 4.32. The van der Waals surface area contributed by atoms with E-state index in [1.807, 2.05) is 0 Å². The maximum absolute atomic E-state index is 3.71.